The fourth-order valence-electron chi connectivity index (χ4n) is 2.65. The molecule has 0 unspecified atom stereocenters. The minimum absolute atomic E-state index is 0.0782. The summed E-state index contributed by atoms with van der Waals surface area (Å²) in [5, 5.41) is 0. The monoisotopic (exact) mass is 368 g/mol. The number of carbonyl (C=O) groups is 2. The normalized spacial score (nSPS) is 10.7. The van der Waals surface area contributed by atoms with Crippen LogP contribution in [0.15, 0.2) is 10.7 Å². The molecular formula is C19H32N2O5. The molecule has 1 amide bonds. The third-order valence-corrected chi connectivity index (χ3v) is 4.15. The summed E-state index contributed by atoms with van der Waals surface area (Å²) in [6, 6.07) is 0. The lowest BCUT2D eigenvalue weighted by Crippen LogP contribution is -2.32. The molecule has 0 aliphatic rings. The molecule has 7 heteroatoms. The van der Waals surface area contributed by atoms with Gasteiger partial charge in [0.2, 0.25) is 11.8 Å². The van der Waals surface area contributed by atoms with Gasteiger partial charge in [0, 0.05) is 26.7 Å². The number of nitrogens with zero attached hydrogens (tertiary/aromatic N) is 2. The first-order valence-electron chi connectivity index (χ1n) is 9.41. The molecule has 0 fully saturated rings. The predicted molar refractivity (Wildman–Crippen MR) is 97.7 cm³/mol. The van der Waals surface area contributed by atoms with E-state index >= 15 is 0 Å². The molecule has 0 radical (unpaired) electrons. The largest absolute Gasteiger partial charge is 0.464 e. The summed E-state index contributed by atoms with van der Waals surface area (Å²) < 4.78 is 15.0. The first kappa shape index (κ1) is 22.2. The first-order chi connectivity index (χ1) is 12.6. The predicted octanol–water partition coefficient (Wildman–Crippen LogP) is 3.58. The summed E-state index contributed by atoms with van der Waals surface area (Å²) in [4.78, 5) is 29.8. The number of rotatable bonds is 14. The van der Waals surface area contributed by atoms with Crippen molar-refractivity contribution in [2.45, 2.75) is 64.8 Å². The lowest BCUT2D eigenvalue weighted by molar-refractivity contribution is -0.132. The van der Waals surface area contributed by atoms with Crippen molar-refractivity contribution in [3.63, 3.8) is 0 Å². The Morgan fingerprint density at radius 2 is 1.85 bits per heavy atom. The van der Waals surface area contributed by atoms with Gasteiger partial charge in [-0.15, -0.1) is 0 Å². The minimum atomic E-state index is -0.552. The molecule has 0 bridgehead atoms. The van der Waals surface area contributed by atoms with E-state index in [0.717, 1.165) is 19.3 Å². The maximum absolute atomic E-state index is 12.6. The van der Waals surface area contributed by atoms with E-state index in [1.807, 2.05) is 0 Å². The van der Waals surface area contributed by atoms with Gasteiger partial charge in [-0.05, 0) is 12.8 Å². The summed E-state index contributed by atoms with van der Waals surface area (Å²) in [7, 11) is 2.93. The molecule has 0 saturated heterocycles. The van der Waals surface area contributed by atoms with Gasteiger partial charge >= 0.3 is 5.97 Å². The fourth-order valence-corrected chi connectivity index (χ4v) is 2.65. The summed E-state index contributed by atoms with van der Waals surface area (Å²) >= 11 is 0. The van der Waals surface area contributed by atoms with Gasteiger partial charge in [-0.1, -0.05) is 39.0 Å². The molecule has 148 valence electrons. The van der Waals surface area contributed by atoms with E-state index in [9.17, 15) is 9.59 Å². The van der Waals surface area contributed by atoms with Gasteiger partial charge in [-0.2, -0.15) is 0 Å². The van der Waals surface area contributed by atoms with Crippen molar-refractivity contribution in [1.82, 2.24) is 9.88 Å². The standard InChI is InChI=1S/C19H32N2O5/c1-4-5-6-7-8-9-11-18(22)21(12-10-13-24-2)14-17-20-16(15-26-17)19(23)25-3/h15H,4-14H2,1-3H3. The van der Waals surface area contributed by atoms with Gasteiger partial charge < -0.3 is 18.8 Å². The summed E-state index contributed by atoms with van der Waals surface area (Å²) in [5.41, 5.74) is 0.114. The van der Waals surface area contributed by atoms with Crippen molar-refractivity contribution in [3.8, 4) is 0 Å². The lowest BCUT2D eigenvalue weighted by atomic mass is 10.1. The third-order valence-electron chi connectivity index (χ3n) is 4.15. The quantitative estimate of drug-likeness (QED) is 0.369. The van der Waals surface area contributed by atoms with Gasteiger partial charge in [-0.3, -0.25) is 4.79 Å². The second-order valence-corrected chi connectivity index (χ2v) is 6.30. The van der Waals surface area contributed by atoms with E-state index < -0.39 is 5.97 Å². The van der Waals surface area contributed by atoms with Crippen molar-refractivity contribution in [1.29, 1.82) is 0 Å². The highest BCUT2D eigenvalue weighted by Crippen LogP contribution is 2.12. The number of amides is 1. The van der Waals surface area contributed by atoms with Crippen molar-refractivity contribution in [2.75, 3.05) is 27.4 Å². The van der Waals surface area contributed by atoms with Gasteiger partial charge in [0.1, 0.15) is 6.26 Å². The lowest BCUT2D eigenvalue weighted by Gasteiger charge is -2.21. The minimum Gasteiger partial charge on any atom is -0.464 e. The van der Waals surface area contributed by atoms with Crippen LogP contribution in [-0.2, 0) is 20.8 Å². The van der Waals surface area contributed by atoms with E-state index in [4.69, 9.17) is 9.15 Å². The van der Waals surface area contributed by atoms with E-state index in [0.29, 0.717) is 25.5 Å². The molecular weight excluding hydrogens is 336 g/mol. The molecule has 1 aromatic rings. The number of carbonyl (C=O) groups excluding carboxylic acids is 2. The number of hydrogen-bond acceptors (Lipinski definition) is 6. The molecule has 26 heavy (non-hydrogen) atoms. The molecule has 0 aliphatic carbocycles. The van der Waals surface area contributed by atoms with Crippen molar-refractivity contribution < 1.29 is 23.5 Å². The molecule has 0 atom stereocenters. The van der Waals surface area contributed by atoms with Crippen LogP contribution in [0.1, 0.15) is 74.7 Å². The first-order valence-corrected chi connectivity index (χ1v) is 9.41. The zero-order chi connectivity index (χ0) is 19.2. The van der Waals surface area contributed by atoms with Crippen molar-refractivity contribution >= 4 is 11.9 Å². The number of aromatic nitrogens is 1. The molecule has 0 aromatic carbocycles. The smallest absolute Gasteiger partial charge is 0.360 e. The van der Waals surface area contributed by atoms with Crippen LogP contribution in [0.3, 0.4) is 0 Å². The summed E-state index contributed by atoms with van der Waals surface area (Å²) in [6.07, 6.45) is 9.35. The Morgan fingerprint density at radius 1 is 1.12 bits per heavy atom. The number of methoxy groups -OCH3 is 2. The van der Waals surface area contributed by atoms with Crippen LogP contribution >= 0.6 is 0 Å². The Balaban J connectivity index is 2.53. The molecule has 0 spiro atoms. The number of hydrogen-bond donors (Lipinski definition) is 0. The van der Waals surface area contributed by atoms with Crippen LogP contribution in [0.5, 0.6) is 0 Å². The second kappa shape index (κ2) is 13.3. The van der Waals surface area contributed by atoms with Crippen LogP contribution in [0, 0.1) is 0 Å². The van der Waals surface area contributed by atoms with Crippen LogP contribution in [-0.4, -0.2) is 49.1 Å². The van der Waals surface area contributed by atoms with Crippen LogP contribution in [0.2, 0.25) is 0 Å². The van der Waals surface area contributed by atoms with E-state index in [2.05, 4.69) is 16.6 Å². The summed E-state index contributed by atoms with van der Waals surface area (Å²) in [6.45, 7) is 3.59. The zero-order valence-electron chi connectivity index (χ0n) is 16.3. The molecule has 1 heterocycles. The Morgan fingerprint density at radius 3 is 2.54 bits per heavy atom. The van der Waals surface area contributed by atoms with Gasteiger partial charge in [0.15, 0.2) is 5.69 Å². The summed E-state index contributed by atoms with van der Waals surface area (Å²) in [5.74, 6) is -0.141. The SMILES string of the molecule is CCCCCCCCC(=O)N(CCCOC)Cc1nc(C(=O)OC)co1. The highest BCUT2D eigenvalue weighted by molar-refractivity contribution is 5.86. The topological polar surface area (TPSA) is 81.9 Å². The molecule has 1 rings (SSSR count). The maximum Gasteiger partial charge on any atom is 0.360 e. The molecule has 0 saturated carbocycles. The van der Waals surface area contributed by atoms with Gasteiger partial charge in [0.25, 0.3) is 0 Å². The van der Waals surface area contributed by atoms with Crippen molar-refractivity contribution in [2.24, 2.45) is 0 Å². The second-order valence-electron chi connectivity index (χ2n) is 6.30. The molecule has 0 aliphatic heterocycles. The van der Waals surface area contributed by atoms with E-state index in [1.165, 1.54) is 39.1 Å². The Bertz CT molecular complexity index is 530. The molecule has 7 nitrogen and oxygen atoms in total. The fraction of sp³-hybridized carbons (Fsp3) is 0.737. The van der Waals surface area contributed by atoms with Crippen LogP contribution in [0.25, 0.3) is 0 Å². The third kappa shape index (κ3) is 8.47. The average Bonchev–Trinajstić information content (AvgIpc) is 3.11. The Kier molecular flexibility index (Phi) is 11.4. The van der Waals surface area contributed by atoms with Crippen LogP contribution in [0.4, 0.5) is 0 Å². The maximum atomic E-state index is 12.6. The molecule has 0 N–H and O–H groups in total. The average molecular weight is 368 g/mol. The van der Waals surface area contributed by atoms with Gasteiger partial charge in [-0.25, -0.2) is 9.78 Å². The van der Waals surface area contributed by atoms with E-state index in [-0.39, 0.29) is 18.1 Å². The van der Waals surface area contributed by atoms with E-state index in [1.54, 1.807) is 12.0 Å². The highest BCUT2D eigenvalue weighted by Gasteiger charge is 2.18. The van der Waals surface area contributed by atoms with Crippen LogP contribution < -0.4 is 0 Å². The number of ether oxygens (including phenoxy) is 2. The number of esters is 1. The number of oxazole rings is 1. The Hall–Kier alpha value is -1.89. The van der Waals surface area contributed by atoms with Gasteiger partial charge in [0.05, 0.1) is 13.7 Å². The Labute approximate surface area is 156 Å². The van der Waals surface area contributed by atoms with Crippen molar-refractivity contribution in [3.05, 3.63) is 17.8 Å². The zero-order valence-corrected chi connectivity index (χ0v) is 16.3. The highest BCUT2D eigenvalue weighted by atomic mass is 16.5. The number of unbranched alkanes of at least 4 members (excludes halogenated alkanes) is 5. The molecule has 1 aromatic heterocycles.